The number of unbranched alkanes of at least 4 members (excludes halogenated alkanes) is 6. The van der Waals surface area contributed by atoms with Gasteiger partial charge in [-0.25, -0.2) is 9.59 Å². The Kier molecular flexibility index (Phi) is 9.11. The number of carbonyl (C=O) groups excluding carboxylic acids is 1. The molecule has 0 bridgehead atoms. The molecule has 0 aliphatic carbocycles. The first-order valence-corrected chi connectivity index (χ1v) is 9.72. The van der Waals surface area contributed by atoms with Crippen molar-refractivity contribution in [1.29, 1.82) is 0 Å². The highest BCUT2D eigenvalue weighted by Gasteiger charge is 2.16. The number of carbonyl (C=O) groups is 2. The Labute approximate surface area is 161 Å². The smallest absolute Gasteiger partial charge is 0.339 e. The molecule has 0 aliphatic heterocycles. The molecule has 0 heterocycles. The highest BCUT2D eigenvalue weighted by atomic mass is 16.5. The van der Waals surface area contributed by atoms with E-state index in [0.29, 0.717) is 6.61 Å². The summed E-state index contributed by atoms with van der Waals surface area (Å²) in [6.07, 6.45) is 9.02. The third-order valence-corrected chi connectivity index (χ3v) is 4.56. The van der Waals surface area contributed by atoms with E-state index in [-0.39, 0.29) is 11.1 Å². The molecule has 0 radical (unpaired) electrons. The predicted molar refractivity (Wildman–Crippen MR) is 106 cm³/mol. The number of ether oxygens (including phenoxy) is 1. The van der Waals surface area contributed by atoms with Gasteiger partial charge in [-0.1, -0.05) is 74.6 Å². The van der Waals surface area contributed by atoms with Crippen LogP contribution in [0.25, 0.3) is 0 Å². The van der Waals surface area contributed by atoms with Gasteiger partial charge in [-0.2, -0.15) is 0 Å². The maximum atomic E-state index is 12.0. The van der Waals surface area contributed by atoms with Crippen molar-refractivity contribution in [3.63, 3.8) is 0 Å². The molecule has 27 heavy (non-hydrogen) atoms. The van der Waals surface area contributed by atoms with Crippen LogP contribution in [0.2, 0.25) is 0 Å². The second-order valence-electron chi connectivity index (χ2n) is 6.70. The van der Waals surface area contributed by atoms with Gasteiger partial charge in [0.05, 0.1) is 17.7 Å². The Bertz CT molecular complexity index is 709. The molecule has 4 nitrogen and oxygen atoms in total. The van der Waals surface area contributed by atoms with Crippen LogP contribution in [0, 0.1) is 0 Å². The van der Waals surface area contributed by atoms with Crippen molar-refractivity contribution in [3.05, 3.63) is 71.3 Å². The van der Waals surface area contributed by atoms with Gasteiger partial charge in [-0.15, -0.1) is 0 Å². The highest BCUT2D eigenvalue weighted by Crippen LogP contribution is 2.13. The summed E-state index contributed by atoms with van der Waals surface area (Å²) in [7, 11) is 0. The second-order valence-corrected chi connectivity index (χ2v) is 6.70. The van der Waals surface area contributed by atoms with Crippen molar-refractivity contribution in [2.75, 3.05) is 6.61 Å². The molecule has 0 amide bonds. The SMILES string of the molecule is O=C(O)c1ccccc1C(=O)OCCCCCCCCCc1ccccc1. The summed E-state index contributed by atoms with van der Waals surface area (Å²) >= 11 is 0. The summed E-state index contributed by atoms with van der Waals surface area (Å²) in [5.74, 6) is -1.68. The lowest BCUT2D eigenvalue weighted by Gasteiger charge is -2.07. The molecule has 1 N–H and O–H groups in total. The topological polar surface area (TPSA) is 63.6 Å². The van der Waals surface area contributed by atoms with Crippen molar-refractivity contribution in [3.8, 4) is 0 Å². The van der Waals surface area contributed by atoms with Crippen molar-refractivity contribution in [2.24, 2.45) is 0 Å². The van der Waals surface area contributed by atoms with E-state index < -0.39 is 11.9 Å². The number of hydrogen-bond donors (Lipinski definition) is 1. The van der Waals surface area contributed by atoms with Crippen molar-refractivity contribution >= 4 is 11.9 Å². The molecule has 2 rings (SSSR count). The molecule has 0 aliphatic rings. The number of esters is 1. The standard InChI is InChI=1S/C23H28O4/c24-22(25)20-16-10-11-17-21(20)23(26)27-18-12-5-3-1-2-4-7-13-19-14-8-6-9-15-19/h6,8-11,14-17H,1-5,7,12-13,18H2,(H,24,25). The van der Waals surface area contributed by atoms with Gasteiger partial charge in [0.15, 0.2) is 0 Å². The summed E-state index contributed by atoms with van der Waals surface area (Å²) in [5.41, 5.74) is 1.50. The molecule has 0 saturated heterocycles. The molecule has 0 saturated carbocycles. The van der Waals surface area contributed by atoms with Gasteiger partial charge in [-0.05, 0) is 37.0 Å². The molecule has 0 fully saturated rings. The van der Waals surface area contributed by atoms with Crippen LogP contribution in [-0.4, -0.2) is 23.7 Å². The molecule has 4 heteroatoms. The Morgan fingerprint density at radius 2 is 1.26 bits per heavy atom. The number of carboxylic acids is 1. The lowest BCUT2D eigenvalue weighted by molar-refractivity contribution is 0.0487. The molecule has 144 valence electrons. The summed E-state index contributed by atoms with van der Waals surface area (Å²) in [4.78, 5) is 23.1. The largest absolute Gasteiger partial charge is 0.478 e. The molecule has 2 aromatic rings. The van der Waals surface area contributed by atoms with Crippen LogP contribution in [0.5, 0.6) is 0 Å². The summed E-state index contributed by atoms with van der Waals surface area (Å²) < 4.78 is 5.21. The fraction of sp³-hybridized carbons (Fsp3) is 0.391. The van der Waals surface area contributed by atoms with E-state index in [0.717, 1.165) is 25.7 Å². The molecule has 0 unspecified atom stereocenters. The molecule has 2 aromatic carbocycles. The van der Waals surface area contributed by atoms with E-state index in [2.05, 4.69) is 24.3 Å². The van der Waals surface area contributed by atoms with Gasteiger partial charge in [0, 0.05) is 0 Å². The van der Waals surface area contributed by atoms with Gasteiger partial charge in [0.25, 0.3) is 0 Å². The molecule has 0 aromatic heterocycles. The maximum absolute atomic E-state index is 12.0. The van der Waals surface area contributed by atoms with Gasteiger partial charge in [-0.3, -0.25) is 0 Å². The first-order chi connectivity index (χ1) is 13.2. The normalized spacial score (nSPS) is 10.5. The third kappa shape index (κ3) is 7.65. The minimum Gasteiger partial charge on any atom is -0.478 e. The zero-order valence-corrected chi connectivity index (χ0v) is 15.7. The van der Waals surface area contributed by atoms with Crippen molar-refractivity contribution in [1.82, 2.24) is 0 Å². The number of aryl methyl sites for hydroxylation is 1. The number of aromatic carboxylic acids is 1. The number of carboxylic acid groups (broad SMARTS) is 1. The van der Waals surface area contributed by atoms with Crippen molar-refractivity contribution in [2.45, 2.75) is 51.4 Å². The lowest BCUT2D eigenvalue weighted by Crippen LogP contribution is -2.12. The fourth-order valence-corrected chi connectivity index (χ4v) is 3.05. The minimum atomic E-state index is -1.12. The van der Waals surface area contributed by atoms with E-state index in [4.69, 9.17) is 9.84 Å². The average molecular weight is 368 g/mol. The first kappa shape index (κ1) is 20.7. The van der Waals surface area contributed by atoms with Gasteiger partial charge in [0.2, 0.25) is 0 Å². The van der Waals surface area contributed by atoms with E-state index >= 15 is 0 Å². The zero-order chi connectivity index (χ0) is 19.3. The van der Waals surface area contributed by atoms with Crippen LogP contribution >= 0.6 is 0 Å². The minimum absolute atomic E-state index is 0.0157. The number of rotatable bonds is 12. The molecule has 0 atom stereocenters. The van der Waals surface area contributed by atoms with Crippen LogP contribution in [-0.2, 0) is 11.2 Å². The molecular formula is C23H28O4. The predicted octanol–water partition coefficient (Wildman–Crippen LogP) is 5.52. The maximum Gasteiger partial charge on any atom is 0.339 e. The zero-order valence-electron chi connectivity index (χ0n) is 15.7. The lowest BCUT2D eigenvalue weighted by atomic mass is 10.0. The first-order valence-electron chi connectivity index (χ1n) is 9.72. The number of hydrogen-bond acceptors (Lipinski definition) is 3. The van der Waals surface area contributed by atoms with E-state index in [1.165, 1.54) is 43.4 Å². The van der Waals surface area contributed by atoms with Crippen LogP contribution in [0.15, 0.2) is 54.6 Å². The monoisotopic (exact) mass is 368 g/mol. The van der Waals surface area contributed by atoms with Crippen molar-refractivity contribution < 1.29 is 19.4 Å². The number of benzene rings is 2. The van der Waals surface area contributed by atoms with Gasteiger partial charge < -0.3 is 9.84 Å². The Balaban J connectivity index is 1.50. The summed E-state index contributed by atoms with van der Waals surface area (Å²) in [5, 5.41) is 9.10. The second kappa shape index (κ2) is 11.9. The van der Waals surface area contributed by atoms with Gasteiger partial charge >= 0.3 is 11.9 Å². The average Bonchev–Trinajstić information content (AvgIpc) is 2.70. The summed E-state index contributed by atoms with van der Waals surface area (Å²) in [6, 6.07) is 16.7. The van der Waals surface area contributed by atoms with Crippen LogP contribution in [0.4, 0.5) is 0 Å². The quantitative estimate of drug-likeness (QED) is 0.396. The highest BCUT2D eigenvalue weighted by molar-refractivity contribution is 6.02. The Morgan fingerprint density at radius 1 is 0.704 bits per heavy atom. The van der Waals surface area contributed by atoms with E-state index in [1.54, 1.807) is 12.1 Å². The van der Waals surface area contributed by atoms with E-state index in [9.17, 15) is 9.59 Å². The Hall–Kier alpha value is -2.62. The van der Waals surface area contributed by atoms with E-state index in [1.807, 2.05) is 6.07 Å². The van der Waals surface area contributed by atoms with Crippen LogP contribution < -0.4 is 0 Å². The van der Waals surface area contributed by atoms with Crippen LogP contribution in [0.1, 0.15) is 71.2 Å². The van der Waals surface area contributed by atoms with Crippen LogP contribution in [0.3, 0.4) is 0 Å². The van der Waals surface area contributed by atoms with Gasteiger partial charge in [0.1, 0.15) is 0 Å². The Morgan fingerprint density at radius 3 is 1.93 bits per heavy atom. The molecule has 0 spiro atoms. The summed E-state index contributed by atoms with van der Waals surface area (Å²) in [6.45, 7) is 0.334. The molecular weight excluding hydrogens is 340 g/mol. The third-order valence-electron chi connectivity index (χ3n) is 4.56. The fourth-order valence-electron chi connectivity index (χ4n) is 3.05.